The molecule has 0 aromatic heterocycles. The Labute approximate surface area is 124 Å². The van der Waals surface area contributed by atoms with Crippen LogP contribution in [0, 0.1) is 0 Å². The molecule has 0 fully saturated rings. The van der Waals surface area contributed by atoms with Crippen molar-refractivity contribution < 1.29 is 18.0 Å². The maximum absolute atomic E-state index is 12.6. The fraction of sp³-hybridized carbons (Fsp3) is 0.133. The van der Waals surface area contributed by atoms with E-state index in [0.717, 1.165) is 17.7 Å². The Bertz CT molecular complexity index is 638. The largest absolute Gasteiger partial charge is 0.416 e. The highest BCUT2D eigenvalue weighted by Gasteiger charge is 2.30. The molecule has 0 unspecified atom stereocenters. The van der Waals surface area contributed by atoms with Gasteiger partial charge in [-0.05, 0) is 35.9 Å². The fourth-order valence-electron chi connectivity index (χ4n) is 1.72. The molecule has 6 heteroatoms. The zero-order valence-electron chi connectivity index (χ0n) is 10.7. The van der Waals surface area contributed by atoms with Crippen LogP contribution >= 0.6 is 11.6 Å². The normalized spacial score (nSPS) is 11.2. The molecule has 0 aliphatic heterocycles. The Morgan fingerprint density at radius 3 is 2.33 bits per heavy atom. The van der Waals surface area contributed by atoms with Gasteiger partial charge in [0.05, 0.1) is 5.56 Å². The van der Waals surface area contributed by atoms with E-state index in [1.165, 1.54) is 12.1 Å². The molecule has 110 valence electrons. The van der Waals surface area contributed by atoms with Crippen LogP contribution in [0.25, 0.3) is 0 Å². The van der Waals surface area contributed by atoms with Gasteiger partial charge in [-0.3, -0.25) is 4.79 Å². The third kappa shape index (κ3) is 3.98. The van der Waals surface area contributed by atoms with E-state index in [4.69, 9.17) is 11.6 Å². The lowest BCUT2D eigenvalue weighted by atomic mass is 10.1. The third-order valence-corrected chi connectivity index (χ3v) is 3.13. The highest BCUT2D eigenvalue weighted by molar-refractivity contribution is 6.17. The molecule has 0 aliphatic rings. The molecule has 2 rings (SSSR count). The van der Waals surface area contributed by atoms with E-state index in [9.17, 15) is 18.0 Å². The number of nitrogens with one attached hydrogen (secondary N) is 1. The van der Waals surface area contributed by atoms with Crippen LogP contribution in [0.2, 0.25) is 0 Å². The topological polar surface area (TPSA) is 29.1 Å². The molecule has 0 heterocycles. The molecule has 0 bridgehead atoms. The number of halogens is 4. The van der Waals surface area contributed by atoms with Gasteiger partial charge in [-0.1, -0.05) is 18.2 Å². The van der Waals surface area contributed by atoms with Gasteiger partial charge >= 0.3 is 6.18 Å². The molecule has 0 atom stereocenters. The van der Waals surface area contributed by atoms with Crippen LogP contribution in [-0.2, 0) is 12.1 Å². The van der Waals surface area contributed by atoms with E-state index in [2.05, 4.69) is 5.32 Å². The van der Waals surface area contributed by atoms with Crippen LogP contribution in [-0.4, -0.2) is 5.91 Å². The Morgan fingerprint density at radius 2 is 1.76 bits per heavy atom. The molecule has 2 aromatic rings. The fourth-order valence-corrected chi connectivity index (χ4v) is 1.90. The molecule has 1 N–H and O–H groups in total. The Hall–Kier alpha value is -2.01. The molecule has 21 heavy (non-hydrogen) atoms. The van der Waals surface area contributed by atoms with Gasteiger partial charge in [-0.15, -0.1) is 11.6 Å². The summed E-state index contributed by atoms with van der Waals surface area (Å²) in [5, 5.41) is 2.54. The van der Waals surface area contributed by atoms with E-state index in [-0.39, 0.29) is 5.56 Å². The SMILES string of the molecule is O=C(Nc1ccc(CCl)cc1)c1cccc(C(F)(F)F)c1. The number of amides is 1. The van der Waals surface area contributed by atoms with E-state index < -0.39 is 17.6 Å². The van der Waals surface area contributed by atoms with Crippen molar-refractivity contribution in [3.05, 3.63) is 65.2 Å². The lowest BCUT2D eigenvalue weighted by Gasteiger charge is -2.09. The van der Waals surface area contributed by atoms with E-state index in [1.54, 1.807) is 24.3 Å². The lowest BCUT2D eigenvalue weighted by molar-refractivity contribution is -0.137. The first kappa shape index (κ1) is 15.4. The van der Waals surface area contributed by atoms with Crippen molar-refractivity contribution in [1.29, 1.82) is 0 Å². The first-order chi connectivity index (χ1) is 9.90. The summed E-state index contributed by atoms with van der Waals surface area (Å²) in [6.07, 6.45) is -4.47. The summed E-state index contributed by atoms with van der Waals surface area (Å²) in [6.45, 7) is 0. The molecule has 0 radical (unpaired) electrons. The highest BCUT2D eigenvalue weighted by atomic mass is 35.5. The predicted molar refractivity (Wildman–Crippen MR) is 75.4 cm³/mol. The Morgan fingerprint density at radius 1 is 1.10 bits per heavy atom. The Balaban J connectivity index is 2.16. The second kappa shape index (κ2) is 6.18. The second-order valence-corrected chi connectivity index (χ2v) is 4.63. The van der Waals surface area contributed by atoms with Gasteiger partial charge in [0.15, 0.2) is 0 Å². The minimum atomic E-state index is -4.47. The van der Waals surface area contributed by atoms with Crippen LogP contribution < -0.4 is 5.32 Å². The van der Waals surface area contributed by atoms with Crippen molar-refractivity contribution in [2.75, 3.05) is 5.32 Å². The standard InChI is InChI=1S/C15H11ClF3NO/c16-9-10-4-6-13(7-5-10)20-14(21)11-2-1-3-12(8-11)15(17,18)19/h1-8H,9H2,(H,20,21). The molecule has 0 spiro atoms. The van der Waals surface area contributed by atoms with Crippen molar-refractivity contribution in [3.63, 3.8) is 0 Å². The van der Waals surface area contributed by atoms with Crippen LogP contribution in [0.1, 0.15) is 21.5 Å². The van der Waals surface area contributed by atoms with Crippen LogP contribution in [0.3, 0.4) is 0 Å². The van der Waals surface area contributed by atoms with Crippen molar-refractivity contribution >= 4 is 23.2 Å². The number of carbonyl (C=O) groups is 1. The van der Waals surface area contributed by atoms with Crippen LogP contribution in [0.15, 0.2) is 48.5 Å². The summed E-state index contributed by atoms with van der Waals surface area (Å²) in [7, 11) is 0. The number of rotatable bonds is 3. The van der Waals surface area contributed by atoms with Gasteiger partial charge in [0.2, 0.25) is 0 Å². The quantitative estimate of drug-likeness (QED) is 0.818. The Kier molecular flexibility index (Phi) is 4.53. The van der Waals surface area contributed by atoms with Gasteiger partial charge in [0, 0.05) is 17.1 Å². The van der Waals surface area contributed by atoms with Crippen LogP contribution in [0.5, 0.6) is 0 Å². The van der Waals surface area contributed by atoms with Gasteiger partial charge in [0.1, 0.15) is 0 Å². The van der Waals surface area contributed by atoms with Crippen molar-refractivity contribution in [2.24, 2.45) is 0 Å². The summed E-state index contributed by atoms with van der Waals surface area (Å²) in [5.41, 5.74) is 0.471. The molecular weight excluding hydrogens is 303 g/mol. The predicted octanol–water partition coefficient (Wildman–Crippen LogP) is 4.70. The number of benzene rings is 2. The average Bonchev–Trinajstić information content (AvgIpc) is 2.47. The molecule has 2 nitrogen and oxygen atoms in total. The summed E-state index contributed by atoms with van der Waals surface area (Å²) in [5.74, 6) is -0.248. The molecule has 0 saturated carbocycles. The average molecular weight is 314 g/mol. The lowest BCUT2D eigenvalue weighted by Crippen LogP contribution is -2.13. The number of carbonyl (C=O) groups excluding carboxylic acids is 1. The van der Waals surface area contributed by atoms with Gasteiger partial charge in [0.25, 0.3) is 5.91 Å². The third-order valence-electron chi connectivity index (χ3n) is 2.82. The van der Waals surface area contributed by atoms with E-state index in [0.29, 0.717) is 11.6 Å². The maximum atomic E-state index is 12.6. The summed E-state index contributed by atoms with van der Waals surface area (Å²) in [6, 6.07) is 11.0. The van der Waals surface area contributed by atoms with E-state index in [1.807, 2.05) is 0 Å². The van der Waals surface area contributed by atoms with Gasteiger partial charge in [-0.2, -0.15) is 13.2 Å². The zero-order valence-corrected chi connectivity index (χ0v) is 11.5. The first-order valence-corrected chi connectivity index (χ1v) is 6.57. The van der Waals surface area contributed by atoms with Crippen molar-refractivity contribution in [2.45, 2.75) is 12.1 Å². The number of anilines is 1. The monoisotopic (exact) mass is 313 g/mol. The molecule has 0 aliphatic carbocycles. The zero-order chi connectivity index (χ0) is 15.5. The molecule has 0 saturated heterocycles. The van der Waals surface area contributed by atoms with Gasteiger partial charge in [-0.25, -0.2) is 0 Å². The summed E-state index contributed by atoms with van der Waals surface area (Å²) in [4.78, 5) is 11.9. The molecule has 1 amide bonds. The minimum Gasteiger partial charge on any atom is -0.322 e. The van der Waals surface area contributed by atoms with Crippen LogP contribution in [0.4, 0.5) is 18.9 Å². The second-order valence-electron chi connectivity index (χ2n) is 4.36. The molecular formula is C15H11ClF3NO. The smallest absolute Gasteiger partial charge is 0.322 e. The summed E-state index contributed by atoms with van der Waals surface area (Å²) >= 11 is 5.65. The highest BCUT2D eigenvalue weighted by Crippen LogP contribution is 2.29. The van der Waals surface area contributed by atoms with Crippen molar-refractivity contribution in [3.8, 4) is 0 Å². The maximum Gasteiger partial charge on any atom is 0.416 e. The van der Waals surface area contributed by atoms with Crippen molar-refractivity contribution in [1.82, 2.24) is 0 Å². The minimum absolute atomic E-state index is 0.0498. The first-order valence-electron chi connectivity index (χ1n) is 6.03. The van der Waals surface area contributed by atoms with E-state index >= 15 is 0 Å². The summed E-state index contributed by atoms with van der Waals surface area (Å²) < 4.78 is 37.8. The number of alkyl halides is 4. The number of hydrogen-bond acceptors (Lipinski definition) is 1. The number of hydrogen-bond donors (Lipinski definition) is 1. The van der Waals surface area contributed by atoms with Gasteiger partial charge < -0.3 is 5.32 Å². The molecule has 2 aromatic carbocycles.